The van der Waals surface area contributed by atoms with E-state index >= 15 is 0 Å². The molecule has 24 heavy (non-hydrogen) atoms. The first-order valence-electron chi connectivity index (χ1n) is 7.55. The van der Waals surface area contributed by atoms with Gasteiger partial charge in [-0.3, -0.25) is 0 Å². The Morgan fingerprint density at radius 1 is 1.08 bits per heavy atom. The third-order valence-electron chi connectivity index (χ3n) is 3.58. The van der Waals surface area contributed by atoms with Crippen molar-refractivity contribution in [3.05, 3.63) is 59.2 Å². The van der Waals surface area contributed by atoms with E-state index in [0.717, 1.165) is 11.1 Å². The van der Waals surface area contributed by atoms with Crippen LogP contribution in [0.15, 0.2) is 52.5 Å². The molecular weight excluding hydrogens is 324 g/mol. The van der Waals surface area contributed by atoms with Crippen molar-refractivity contribution < 1.29 is 13.5 Å². The molecule has 0 saturated heterocycles. The lowest BCUT2D eigenvalue weighted by molar-refractivity contribution is 0.446. The zero-order valence-electron chi connectivity index (χ0n) is 14.2. The quantitative estimate of drug-likeness (QED) is 0.658. The number of benzene rings is 2. The minimum absolute atomic E-state index is 0.100. The highest BCUT2D eigenvalue weighted by atomic mass is 32.2. The van der Waals surface area contributed by atoms with Crippen molar-refractivity contribution in [3.63, 3.8) is 0 Å². The Morgan fingerprint density at radius 3 is 2.29 bits per heavy atom. The average molecular weight is 346 g/mol. The van der Waals surface area contributed by atoms with Crippen LogP contribution in [-0.2, 0) is 15.4 Å². The van der Waals surface area contributed by atoms with Crippen LogP contribution in [0.3, 0.4) is 0 Å². The summed E-state index contributed by atoms with van der Waals surface area (Å²) in [6.07, 6.45) is 1.30. The molecule has 0 radical (unpaired) electrons. The van der Waals surface area contributed by atoms with E-state index in [-0.39, 0.29) is 16.1 Å². The normalized spacial score (nSPS) is 12.5. The van der Waals surface area contributed by atoms with Crippen molar-refractivity contribution in [1.29, 1.82) is 0 Å². The standard InChI is InChI=1S/C18H22N2O3S/c1-13-8-10-15(11-9-13)24(22,23)20-19-12-14-6-5-7-16(17(14)21)18(2,3)4/h5-12,20-21H,1-4H3/b19-12+. The van der Waals surface area contributed by atoms with E-state index in [0.29, 0.717) is 5.56 Å². The Labute approximate surface area is 143 Å². The molecule has 6 heteroatoms. The summed E-state index contributed by atoms with van der Waals surface area (Å²) in [6, 6.07) is 11.8. The lowest BCUT2D eigenvalue weighted by Gasteiger charge is -2.21. The molecule has 128 valence electrons. The van der Waals surface area contributed by atoms with Gasteiger partial charge in [-0.2, -0.15) is 13.5 Å². The van der Waals surface area contributed by atoms with Gasteiger partial charge >= 0.3 is 0 Å². The first-order chi connectivity index (χ1) is 11.1. The van der Waals surface area contributed by atoms with Gasteiger partial charge in [0.2, 0.25) is 0 Å². The summed E-state index contributed by atoms with van der Waals surface area (Å²) in [5.41, 5.74) is 1.97. The van der Waals surface area contributed by atoms with E-state index in [1.54, 1.807) is 24.3 Å². The molecule has 2 aromatic carbocycles. The fourth-order valence-corrected chi connectivity index (χ4v) is 3.00. The van der Waals surface area contributed by atoms with E-state index in [2.05, 4.69) is 9.93 Å². The summed E-state index contributed by atoms with van der Waals surface area (Å²) in [5, 5.41) is 14.1. The summed E-state index contributed by atoms with van der Waals surface area (Å²) < 4.78 is 24.3. The number of nitrogens with zero attached hydrogens (tertiary/aromatic N) is 1. The molecule has 0 aliphatic rings. The van der Waals surface area contributed by atoms with Gasteiger partial charge in [-0.15, -0.1) is 0 Å². The lowest BCUT2D eigenvalue weighted by atomic mass is 9.85. The summed E-state index contributed by atoms with van der Waals surface area (Å²) in [5.74, 6) is 0.100. The van der Waals surface area contributed by atoms with Gasteiger partial charge in [0.25, 0.3) is 10.0 Å². The second-order valence-electron chi connectivity index (χ2n) is 6.66. The largest absolute Gasteiger partial charge is 0.507 e. The van der Waals surface area contributed by atoms with Crippen molar-refractivity contribution >= 4 is 16.2 Å². The number of rotatable bonds is 4. The lowest BCUT2D eigenvalue weighted by Crippen LogP contribution is -2.18. The maximum Gasteiger partial charge on any atom is 0.276 e. The second kappa shape index (κ2) is 6.65. The summed E-state index contributed by atoms with van der Waals surface area (Å²) in [7, 11) is -3.73. The minimum Gasteiger partial charge on any atom is -0.507 e. The van der Waals surface area contributed by atoms with Gasteiger partial charge in [0.15, 0.2) is 0 Å². The van der Waals surface area contributed by atoms with Gasteiger partial charge in [-0.25, -0.2) is 4.83 Å². The Kier molecular flexibility index (Phi) is 4.99. The van der Waals surface area contributed by atoms with Crippen molar-refractivity contribution in [2.24, 2.45) is 5.10 Å². The molecule has 0 aromatic heterocycles. The van der Waals surface area contributed by atoms with Crippen LogP contribution < -0.4 is 4.83 Å². The molecule has 5 nitrogen and oxygen atoms in total. The maximum absolute atomic E-state index is 12.2. The highest BCUT2D eigenvalue weighted by molar-refractivity contribution is 7.89. The number of hydrogen-bond donors (Lipinski definition) is 2. The Balaban J connectivity index is 2.22. The highest BCUT2D eigenvalue weighted by Crippen LogP contribution is 2.32. The number of sulfonamides is 1. The van der Waals surface area contributed by atoms with E-state index in [1.165, 1.54) is 18.3 Å². The smallest absolute Gasteiger partial charge is 0.276 e. The van der Waals surface area contributed by atoms with Gasteiger partial charge in [0.05, 0.1) is 11.1 Å². The Bertz CT molecular complexity index is 849. The fraction of sp³-hybridized carbons (Fsp3) is 0.278. The molecule has 2 aromatic rings. The first-order valence-corrected chi connectivity index (χ1v) is 9.03. The molecule has 0 spiro atoms. The van der Waals surface area contributed by atoms with Crippen molar-refractivity contribution in [2.75, 3.05) is 0 Å². The summed E-state index contributed by atoms with van der Waals surface area (Å²) >= 11 is 0. The van der Waals surface area contributed by atoms with Crippen LogP contribution in [0.5, 0.6) is 5.75 Å². The average Bonchev–Trinajstić information content (AvgIpc) is 2.48. The molecular formula is C18H22N2O3S. The Hall–Kier alpha value is -2.34. The summed E-state index contributed by atoms with van der Waals surface area (Å²) in [6.45, 7) is 7.85. The molecule has 0 atom stereocenters. The number of phenols is 1. The monoisotopic (exact) mass is 346 g/mol. The van der Waals surface area contributed by atoms with Gasteiger partial charge in [0.1, 0.15) is 5.75 Å². The van der Waals surface area contributed by atoms with E-state index < -0.39 is 10.0 Å². The minimum atomic E-state index is -3.73. The van der Waals surface area contributed by atoms with Crippen LogP contribution in [0, 0.1) is 6.92 Å². The molecule has 0 bridgehead atoms. The van der Waals surface area contributed by atoms with Gasteiger partial charge in [0, 0.05) is 5.56 Å². The predicted octanol–water partition coefficient (Wildman–Crippen LogP) is 3.31. The molecule has 2 rings (SSSR count). The van der Waals surface area contributed by atoms with Crippen LogP contribution >= 0.6 is 0 Å². The van der Waals surface area contributed by atoms with Crippen LogP contribution in [0.1, 0.15) is 37.5 Å². The number of nitrogens with one attached hydrogen (secondary N) is 1. The third-order valence-corrected chi connectivity index (χ3v) is 4.82. The van der Waals surface area contributed by atoms with Gasteiger partial charge < -0.3 is 5.11 Å². The van der Waals surface area contributed by atoms with E-state index in [9.17, 15) is 13.5 Å². The number of hydrogen-bond acceptors (Lipinski definition) is 4. The van der Waals surface area contributed by atoms with E-state index in [4.69, 9.17) is 0 Å². The molecule has 0 unspecified atom stereocenters. The molecule has 0 heterocycles. The molecule has 0 amide bonds. The maximum atomic E-state index is 12.2. The number of aryl methyl sites for hydroxylation is 1. The van der Waals surface area contributed by atoms with Crippen molar-refractivity contribution in [3.8, 4) is 5.75 Å². The predicted molar refractivity (Wildman–Crippen MR) is 95.9 cm³/mol. The second-order valence-corrected chi connectivity index (χ2v) is 8.32. The highest BCUT2D eigenvalue weighted by Gasteiger charge is 2.19. The Morgan fingerprint density at radius 2 is 1.71 bits per heavy atom. The number of hydrazone groups is 1. The van der Waals surface area contributed by atoms with Gasteiger partial charge in [-0.05, 0) is 36.1 Å². The van der Waals surface area contributed by atoms with Crippen LogP contribution in [0.25, 0.3) is 0 Å². The van der Waals surface area contributed by atoms with Crippen molar-refractivity contribution in [1.82, 2.24) is 4.83 Å². The fourth-order valence-electron chi connectivity index (χ4n) is 2.21. The number of aromatic hydroxyl groups is 1. The number of para-hydroxylation sites is 1. The van der Waals surface area contributed by atoms with Crippen molar-refractivity contribution in [2.45, 2.75) is 38.0 Å². The van der Waals surface area contributed by atoms with Crippen LogP contribution in [0.4, 0.5) is 0 Å². The van der Waals surface area contributed by atoms with E-state index in [1.807, 2.05) is 33.8 Å². The zero-order chi connectivity index (χ0) is 18.0. The molecule has 0 aliphatic carbocycles. The van der Waals surface area contributed by atoms with Crippen LogP contribution in [-0.4, -0.2) is 19.7 Å². The van der Waals surface area contributed by atoms with Crippen LogP contribution in [0.2, 0.25) is 0 Å². The number of phenolic OH excluding ortho intramolecular Hbond substituents is 1. The first kappa shape index (κ1) is 18.0. The molecule has 0 saturated carbocycles. The molecule has 0 aliphatic heterocycles. The molecule has 2 N–H and O–H groups in total. The SMILES string of the molecule is Cc1ccc(S(=O)(=O)N/N=C/c2cccc(C(C)(C)C)c2O)cc1. The third kappa shape index (κ3) is 4.14. The summed E-state index contributed by atoms with van der Waals surface area (Å²) in [4.78, 5) is 2.30. The van der Waals surface area contributed by atoms with Gasteiger partial charge in [-0.1, -0.05) is 50.6 Å². The zero-order valence-corrected chi connectivity index (χ0v) is 15.1. The topological polar surface area (TPSA) is 78.8 Å². The molecule has 0 fully saturated rings.